The summed E-state index contributed by atoms with van der Waals surface area (Å²) in [5, 5.41) is 19.7. The summed E-state index contributed by atoms with van der Waals surface area (Å²) in [5.74, 6) is 0. The van der Waals surface area contributed by atoms with Gasteiger partial charge in [-0.3, -0.25) is 14.8 Å². The Morgan fingerprint density at radius 1 is 1.33 bits per heavy atom. The summed E-state index contributed by atoms with van der Waals surface area (Å²) in [6.07, 6.45) is 1.41. The van der Waals surface area contributed by atoms with Crippen LogP contribution in [0.2, 0.25) is 0 Å². The number of nitrogens with zero attached hydrogens (tertiary/aromatic N) is 1. The number of nitrogen functional groups attached to an aromatic ring is 1. The van der Waals surface area contributed by atoms with Crippen LogP contribution in [0.1, 0.15) is 25.7 Å². The second-order valence-electron chi connectivity index (χ2n) is 5.07. The van der Waals surface area contributed by atoms with Crippen LogP contribution in [0.3, 0.4) is 0 Å². The molecule has 2 atom stereocenters. The number of aliphatic hydroxyl groups is 1. The number of nitro benzene ring substituents is 1. The zero-order valence-corrected chi connectivity index (χ0v) is 12.0. The van der Waals surface area contributed by atoms with Gasteiger partial charge in [0.1, 0.15) is 10.9 Å². The van der Waals surface area contributed by atoms with Crippen molar-refractivity contribution < 1.29 is 18.4 Å². The normalized spacial score (nSPS) is 22.7. The molecule has 1 aromatic rings. The first-order valence-corrected chi connectivity index (χ1v) is 8.09. The Kier molecular flexibility index (Phi) is 4.33. The van der Waals surface area contributed by atoms with Crippen LogP contribution >= 0.6 is 0 Å². The van der Waals surface area contributed by atoms with Gasteiger partial charge in [-0.2, -0.15) is 0 Å². The molecule has 1 fully saturated rings. The van der Waals surface area contributed by atoms with E-state index in [4.69, 9.17) is 5.73 Å². The highest BCUT2D eigenvalue weighted by molar-refractivity contribution is 7.93. The lowest BCUT2D eigenvalue weighted by Crippen LogP contribution is -2.40. The van der Waals surface area contributed by atoms with Gasteiger partial charge in [-0.1, -0.05) is 12.8 Å². The van der Waals surface area contributed by atoms with Crippen molar-refractivity contribution in [2.24, 2.45) is 0 Å². The van der Waals surface area contributed by atoms with Crippen LogP contribution in [0.5, 0.6) is 0 Å². The van der Waals surface area contributed by atoms with E-state index in [0.29, 0.717) is 12.8 Å². The summed E-state index contributed by atoms with van der Waals surface area (Å²) in [7, 11) is -3.80. The highest BCUT2D eigenvalue weighted by Crippen LogP contribution is 2.29. The number of rotatable bonds is 4. The second-order valence-corrected chi connectivity index (χ2v) is 6.97. The summed E-state index contributed by atoms with van der Waals surface area (Å²) in [6, 6.07) is 3.70. The molecule has 0 saturated heterocycles. The van der Waals surface area contributed by atoms with Crippen LogP contribution in [-0.2, 0) is 10.0 Å². The van der Waals surface area contributed by atoms with Crippen molar-refractivity contribution in [2.75, 3.05) is 10.5 Å². The number of benzene rings is 1. The molecule has 9 heteroatoms. The Hall–Kier alpha value is -1.87. The van der Waals surface area contributed by atoms with Gasteiger partial charge >= 0.3 is 0 Å². The number of hydrogen-bond donors (Lipinski definition) is 3. The van der Waals surface area contributed by atoms with Crippen molar-refractivity contribution in [2.45, 2.75) is 37.0 Å². The highest BCUT2D eigenvalue weighted by Gasteiger charge is 2.34. The zero-order valence-electron chi connectivity index (χ0n) is 11.2. The SMILES string of the molecule is Nc1ccc(NS(=O)(=O)C2CCCCC2O)cc1[N+](=O)[O-]. The average molecular weight is 315 g/mol. The second kappa shape index (κ2) is 5.86. The fourth-order valence-corrected chi connectivity index (χ4v) is 4.08. The van der Waals surface area contributed by atoms with E-state index in [1.165, 1.54) is 12.1 Å². The maximum Gasteiger partial charge on any atom is 0.294 e. The summed E-state index contributed by atoms with van der Waals surface area (Å²) in [5.41, 5.74) is 5.12. The maximum atomic E-state index is 12.3. The molecule has 4 N–H and O–H groups in total. The summed E-state index contributed by atoms with van der Waals surface area (Å²) >= 11 is 0. The molecular formula is C12H17N3O5S. The van der Waals surface area contributed by atoms with Gasteiger partial charge < -0.3 is 10.8 Å². The predicted molar refractivity (Wildman–Crippen MR) is 78.3 cm³/mol. The molecule has 1 saturated carbocycles. The van der Waals surface area contributed by atoms with E-state index >= 15 is 0 Å². The fraction of sp³-hybridized carbons (Fsp3) is 0.500. The zero-order chi connectivity index (χ0) is 15.6. The highest BCUT2D eigenvalue weighted by atomic mass is 32.2. The van der Waals surface area contributed by atoms with Gasteiger partial charge in [0.15, 0.2) is 0 Å². The van der Waals surface area contributed by atoms with Gasteiger partial charge in [-0.25, -0.2) is 8.42 Å². The molecule has 1 aliphatic carbocycles. The molecule has 0 amide bonds. The summed E-state index contributed by atoms with van der Waals surface area (Å²) < 4.78 is 26.8. The monoisotopic (exact) mass is 315 g/mol. The molecule has 2 unspecified atom stereocenters. The minimum atomic E-state index is -3.80. The smallest absolute Gasteiger partial charge is 0.294 e. The van der Waals surface area contributed by atoms with Gasteiger partial charge in [0.25, 0.3) is 5.69 Å². The topological polar surface area (TPSA) is 136 Å². The lowest BCUT2D eigenvalue weighted by molar-refractivity contribution is -0.383. The van der Waals surface area contributed by atoms with E-state index < -0.39 is 26.3 Å². The third-order valence-electron chi connectivity index (χ3n) is 3.55. The molecule has 0 spiro atoms. The molecule has 0 heterocycles. The van der Waals surface area contributed by atoms with Gasteiger partial charge in [0.05, 0.1) is 16.7 Å². The van der Waals surface area contributed by atoms with Crippen LogP contribution in [0.4, 0.5) is 17.1 Å². The molecule has 1 aliphatic rings. The maximum absolute atomic E-state index is 12.3. The van der Waals surface area contributed by atoms with Gasteiger partial charge in [0, 0.05) is 6.07 Å². The molecule has 2 rings (SSSR count). The Balaban J connectivity index is 2.24. The van der Waals surface area contributed by atoms with Gasteiger partial charge in [-0.05, 0) is 25.0 Å². The van der Waals surface area contributed by atoms with E-state index in [1.54, 1.807) is 0 Å². The molecule has 0 aromatic heterocycles. The standard InChI is InChI=1S/C12H17N3O5S/c13-9-6-5-8(7-10(9)15(17)18)14-21(19,20)12-4-2-1-3-11(12)16/h5-7,11-12,14,16H,1-4,13H2. The summed E-state index contributed by atoms with van der Waals surface area (Å²) in [4.78, 5) is 10.1. The van der Waals surface area contributed by atoms with E-state index in [1.807, 2.05) is 0 Å². The number of anilines is 2. The molecule has 0 bridgehead atoms. The van der Waals surface area contributed by atoms with Crippen molar-refractivity contribution in [1.82, 2.24) is 0 Å². The Morgan fingerprint density at radius 3 is 2.62 bits per heavy atom. The van der Waals surface area contributed by atoms with Gasteiger partial charge in [0.2, 0.25) is 10.0 Å². The third-order valence-corrected chi connectivity index (χ3v) is 5.42. The van der Waals surface area contributed by atoms with Crippen LogP contribution in [0.25, 0.3) is 0 Å². The number of nitrogens with two attached hydrogens (primary N) is 1. The van der Waals surface area contributed by atoms with E-state index in [9.17, 15) is 23.6 Å². The fourth-order valence-electron chi connectivity index (χ4n) is 2.44. The van der Waals surface area contributed by atoms with E-state index in [-0.39, 0.29) is 17.1 Å². The quantitative estimate of drug-likeness (QED) is 0.434. The largest absolute Gasteiger partial charge is 0.393 e. The Morgan fingerprint density at radius 2 is 2.00 bits per heavy atom. The van der Waals surface area contributed by atoms with Crippen molar-refractivity contribution in [3.05, 3.63) is 28.3 Å². The van der Waals surface area contributed by atoms with E-state index in [2.05, 4.69) is 4.72 Å². The Labute approximate surface area is 122 Å². The molecule has 8 nitrogen and oxygen atoms in total. The molecule has 21 heavy (non-hydrogen) atoms. The lowest BCUT2D eigenvalue weighted by Gasteiger charge is -2.27. The first kappa shape index (κ1) is 15.5. The number of hydrogen-bond acceptors (Lipinski definition) is 6. The van der Waals surface area contributed by atoms with E-state index in [0.717, 1.165) is 18.9 Å². The molecule has 0 aliphatic heterocycles. The molecule has 0 radical (unpaired) electrons. The number of nitro groups is 1. The van der Waals surface area contributed by atoms with Gasteiger partial charge in [-0.15, -0.1) is 0 Å². The third kappa shape index (κ3) is 3.42. The van der Waals surface area contributed by atoms with Crippen LogP contribution < -0.4 is 10.5 Å². The molecular weight excluding hydrogens is 298 g/mol. The van der Waals surface area contributed by atoms with Crippen LogP contribution in [-0.4, -0.2) is 29.8 Å². The minimum absolute atomic E-state index is 0.0411. The van der Waals surface area contributed by atoms with Crippen LogP contribution in [0.15, 0.2) is 18.2 Å². The first-order chi connectivity index (χ1) is 9.81. The van der Waals surface area contributed by atoms with Crippen molar-refractivity contribution in [1.29, 1.82) is 0 Å². The molecule has 116 valence electrons. The van der Waals surface area contributed by atoms with Crippen molar-refractivity contribution in [3.63, 3.8) is 0 Å². The van der Waals surface area contributed by atoms with Crippen LogP contribution in [0, 0.1) is 10.1 Å². The lowest BCUT2D eigenvalue weighted by atomic mass is 9.97. The number of nitrogens with one attached hydrogen (secondary N) is 1. The minimum Gasteiger partial charge on any atom is -0.393 e. The number of sulfonamides is 1. The summed E-state index contributed by atoms with van der Waals surface area (Å²) in [6.45, 7) is 0. The molecule has 1 aromatic carbocycles. The first-order valence-electron chi connectivity index (χ1n) is 6.55. The predicted octanol–water partition coefficient (Wildman–Crippen LogP) is 1.22. The average Bonchev–Trinajstić information content (AvgIpc) is 2.40. The number of aliphatic hydroxyl groups excluding tert-OH is 1. The Bertz CT molecular complexity index is 646. The van der Waals surface area contributed by atoms with Crippen molar-refractivity contribution >= 4 is 27.1 Å². The van der Waals surface area contributed by atoms with Crippen molar-refractivity contribution in [3.8, 4) is 0 Å².